The lowest BCUT2D eigenvalue weighted by Gasteiger charge is -2.18. The summed E-state index contributed by atoms with van der Waals surface area (Å²) in [6.07, 6.45) is -0.651. The molecule has 0 radical (unpaired) electrons. The molecule has 0 unspecified atom stereocenters. The van der Waals surface area contributed by atoms with E-state index in [1.54, 1.807) is 31.2 Å². The molecule has 2 aromatic rings. The van der Waals surface area contributed by atoms with E-state index >= 15 is 0 Å². The fourth-order valence-electron chi connectivity index (χ4n) is 2.42. The van der Waals surface area contributed by atoms with Crippen LogP contribution in [0.25, 0.3) is 0 Å². The number of carbonyl (C=O) groups excluding carboxylic acids is 1. The first-order valence-corrected chi connectivity index (χ1v) is 8.11. The molecule has 0 heterocycles. The molecule has 0 spiro atoms. The number of nitrogens with one attached hydrogen (secondary N) is 1. The van der Waals surface area contributed by atoms with Crippen molar-refractivity contribution in [3.63, 3.8) is 0 Å². The first kappa shape index (κ1) is 18.5. The maximum Gasteiger partial charge on any atom is 0.265 e. The summed E-state index contributed by atoms with van der Waals surface area (Å²) in [5, 5.41) is 11.8. The molecule has 0 fully saturated rings. The summed E-state index contributed by atoms with van der Waals surface area (Å²) >= 11 is 0. The van der Waals surface area contributed by atoms with E-state index in [0.717, 1.165) is 23.4 Å². The lowest BCUT2D eigenvalue weighted by Crippen LogP contribution is -2.30. The molecular formula is C20H23N3O2. The summed E-state index contributed by atoms with van der Waals surface area (Å²) in [5.41, 5.74) is 3.55. The molecule has 1 atom stereocenters. The Hall–Kier alpha value is -2.84. The maximum atomic E-state index is 12.5. The Morgan fingerprint density at radius 3 is 2.52 bits per heavy atom. The van der Waals surface area contributed by atoms with E-state index < -0.39 is 6.10 Å². The van der Waals surface area contributed by atoms with Gasteiger partial charge in [-0.05, 0) is 63.8 Å². The standard InChI is InChI=1S/C20H23N3O2/c1-14-5-10-19(17(11-14)13-23(3)4)22-20(24)15(2)25-18-8-6-16(12-21)7-9-18/h5-11,15H,13H2,1-4H3,(H,22,24)/t15-/m0/s1. The zero-order chi connectivity index (χ0) is 18.4. The minimum absolute atomic E-state index is 0.215. The fraction of sp³-hybridized carbons (Fsp3) is 0.300. The molecule has 1 amide bonds. The molecule has 0 aliphatic heterocycles. The molecule has 0 aliphatic carbocycles. The van der Waals surface area contributed by atoms with Crippen molar-refractivity contribution in [3.05, 3.63) is 59.2 Å². The molecule has 0 aromatic heterocycles. The van der Waals surface area contributed by atoms with Crippen molar-refractivity contribution >= 4 is 11.6 Å². The molecule has 0 saturated carbocycles. The molecule has 2 rings (SSSR count). The van der Waals surface area contributed by atoms with E-state index in [1.807, 2.05) is 33.2 Å². The van der Waals surface area contributed by atoms with Gasteiger partial charge in [0.05, 0.1) is 11.6 Å². The first-order valence-electron chi connectivity index (χ1n) is 8.11. The van der Waals surface area contributed by atoms with E-state index in [-0.39, 0.29) is 5.91 Å². The van der Waals surface area contributed by atoms with Crippen LogP contribution in [0.5, 0.6) is 5.75 Å². The van der Waals surface area contributed by atoms with Crippen LogP contribution in [0.1, 0.15) is 23.6 Å². The zero-order valence-corrected chi connectivity index (χ0v) is 15.0. The molecular weight excluding hydrogens is 314 g/mol. The van der Waals surface area contributed by atoms with Gasteiger partial charge in [-0.2, -0.15) is 5.26 Å². The second-order valence-corrected chi connectivity index (χ2v) is 6.28. The van der Waals surface area contributed by atoms with E-state index in [2.05, 4.69) is 22.4 Å². The van der Waals surface area contributed by atoms with Gasteiger partial charge in [0, 0.05) is 12.2 Å². The second kappa shape index (κ2) is 8.32. The Morgan fingerprint density at radius 1 is 1.24 bits per heavy atom. The van der Waals surface area contributed by atoms with Crippen LogP contribution in [0.2, 0.25) is 0 Å². The van der Waals surface area contributed by atoms with Crippen LogP contribution in [0, 0.1) is 18.3 Å². The summed E-state index contributed by atoms with van der Waals surface area (Å²) in [5.74, 6) is 0.340. The topological polar surface area (TPSA) is 65.4 Å². The molecule has 0 bridgehead atoms. The molecule has 1 N–H and O–H groups in total. The number of nitrogens with zero attached hydrogens (tertiary/aromatic N) is 2. The van der Waals surface area contributed by atoms with E-state index in [1.165, 1.54) is 0 Å². The number of aryl methyl sites for hydroxylation is 1. The highest BCUT2D eigenvalue weighted by Crippen LogP contribution is 2.20. The summed E-state index contributed by atoms with van der Waals surface area (Å²) < 4.78 is 5.66. The van der Waals surface area contributed by atoms with Crippen LogP contribution >= 0.6 is 0 Å². The summed E-state index contributed by atoms with van der Waals surface area (Å²) in [6.45, 7) is 4.47. The molecule has 25 heavy (non-hydrogen) atoms. The zero-order valence-electron chi connectivity index (χ0n) is 15.0. The van der Waals surface area contributed by atoms with E-state index in [0.29, 0.717) is 11.3 Å². The number of amides is 1. The maximum absolute atomic E-state index is 12.5. The molecule has 2 aromatic carbocycles. The first-order chi connectivity index (χ1) is 11.9. The predicted molar refractivity (Wildman–Crippen MR) is 98.4 cm³/mol. The number of anilines is 1. The van der Waals surface area contributed by atoms with Gasteiger partial charge in [0.25, 0.3) is 5.91 Å². The molecule has 0 aliphatic rings. The Kier molecular flexibility index (Phi) is 6.15. The Bertz CT molecular complexity index is 777. The summed E-state index contributed by atoms with van der Waals surface area (Å²) in [6, 6.07) is 14.7. The second-order valence-electron chi connectivity index (χ2n) is 6.28. The SMILES string of the molecule is Cc1ccc(NC(=O)[C@H](C)Oc2ccc(C#N)cc2)c(CN(C)C)c1. The van der Waals surface area contributed by atoms with Gasteiger partial charge >= 0.3 is 0 Å². The third-order valence-corrected chi connectivity index (χ3v) is 3.67. The van der Waals surface area contributed by atoms with Crippen LogP contribution in [-0.4, -0.2) is 31.0 Å². The Balaban J connectivity index is 2.06. The lowest BCUT2D eigenvalue weighted by molar-refractivity contribution is -0.122. The van der Waals surface area contributed by atoms with E-state index in [9.17, 15) is 4.79 Å². The highest BCUT2D eigenvalue weighted by molar-refractivity contribution is 5.94. The molecule has 130 valence electrons. The van der Waals surface area contributed by atoms with Crippen molar-refractivity contribution in [1.82, 2.24) is 4.90 Å². The number of hydrogen-bond donors (Lipinski definition) is 1. The third-order valence-electron chi connectivity index (χ3n) is 3.67. The smallest absolute Gasteiger partial charge is 0.265 e. The molecule has 5 nitrogen and oxygen atoms in total. The van der Waals surface area contributed by atoms with Gasteiger partial charge in [-0.1, -0.05) is 17.7 Å². The van der Waals surface area contributed by atoms with Crippen LogP contribution in [0.3, 0.4) is 0 Å². The number of ether oxygens (including phenoxy) is 1. The molecule has 0 saturated heterocycles. The van der Waals surface area contributed by atoms with Gasteiger partial charge in [-0.3, -0.25) is 4.79 Å². The van der Waals surface area contributed by atoms with Crippen LogP contribution in [-0.2, 0) is 11.3 Å². The van der Waals surface area contributed by atoms with Gasteiger partial charge in [-0.15, -0.1) is 0 Å². The monoisotopic (exact) mass is 337 g/mol. The van der Waals surface area contributed by atoms with Crippen molar-refractivity contribution in [2.24, 2.45) is 0 Å². The van der Waals surface area contributed by atoms with Crippen LogP contribution in [0.4, 0.5) is 5.69 Å². The molecule has 5 heteroatoms. The fourth-order valence-corrected chi connectivity index (χ4v) is 2.42. The number of nitriles is 1. The van der Waals surface area contributed by atoms with Crippen molar-refractivity contribution < 1.29 is 9.53 Å². The summed E-state index contributed by atoms with van der Waals surface area (Å²) in [7, 11) is 3.98. The number of carbonyl (C=O) groups is 1. The van der Waals surface area contributed by atoms with Gasteiger partial charge < -0.3 is 15.0 Å². The van der Waals surface area contributed by atoms with Crippen molar-refractivity contribution in [2.45, 2.75) is 26.5 Å². The van der Waals surface area contributed by atoms with Gasteiger partial charge in [0.2, 0.25) is 0 Å². The Morgan fingerprint density at radius 2 is 1.92 bits per heavy atom. The highest BCUT2D eigenvalue weighted by atomic mass is 16.5. The van der Waals surface area contributed by atoms with Gasteiger partial charge in [0.15, 0.2) is 6.10 Å². The Labute approximate surface area is 148 Å². The largest absolute Gasteiger partial charge is 0.481 e. The average molecular weight is 337 g/mol. The number of rotatable bonds is 6. The van der Waals surface area contributed by atoms with Crippen LogP contribution in [0.15, 0.2) is 42.5 Å². The van der Waals surface area contributed by atoms with E-state index in [4.69, 9.17) is 10.00 Å². The average Bonchev–Trinajstić information content (AvgIpc) is 2.57. The highest BCUT2D eigenvalue weighted by Gasteiger charge is 2.16. The number of benzene rings is 2. The van der Waals surface area contributed by atoms with Crippen molar-refractivity contribution in [3.8, 4) is 11.8 Å². The lowest BCUT2D eigenvalue weighted by atomic mass is 10.1. The number of hydrogen-bond acceptors (Lipinski definition) is 4. The normalized spacial score (nSPS) is 11.7. The van der Waals surface area contributed by atoms with Gasteiger partial charge in [-0.25, -0.2) is 0 Å². The van der Waals surface area contributed by atoms with Crippen LogP contribution < -0.4 is 10.1 Å². The predicted octanol–water partition coefficient (Wildman–Crippen LogP) is 3.33. The summed E-state index contributed by atoms with van der Waals surface area (Å²) in [4.78, 5) is 14.5. The minimum atomic E-state index is -0.651. The quantitative estimate of drug-likeness (QED) is 0.878. The van der Waals surface area contributed by atoms with Crippen molar-refractivity contribution in [1.29, 1.82) is 5.26 Å². The van der Waals surface area contributed by atoms with Gasteiger partial charge in [0.1, 0.15) is 5.75 Å². The third kappa shape index (κ3) is 5.33. The minimum Gasteiger partial charge on any atom is -0.481 e. The van der Waals surface area contributed by atoms with Crippen molar-refractivity contribution in [2.75, 3.05) is 19.4 Å².